The number of rotatable bonds is 13. The smallest absolute Gasteiger partial charge is 0.325 e. The Morgan fingerprint density at radius 1 is 1.07 bits per heavy atom. The number of hydrogen-bond acceptors (Lipinski definition) is 4. The first-order chi connectivity index (χ1) is 20.9. The molecule has 0 spiro atoms. The van der Waals surface area contributed by atoms with E-state index < -0.39 is 12.0 Å². The van der Waals surface area contributed by atoms with Gasteiger partial charge in [0.25, 0.3) is 0 Å². The first-order valence-electron chi connectivity index (χ1n) is 16.8. The largest absolute Gasteiger partial charge is 0.480 e. The van der Waals surface area contributed by atoms with E-state index in [2.05, 4.69) is 37.8 Å². The Labute approximate surface area is 269 Å². The normalized spacial score (nSPS) is 23.6. The lowest BCUT2D eigenvalue weighted by Crippen LogP contribution is -2.34. The highest BCUT2D eigenvalue weighted by Gasteiger charge is 2.35. The maximum Gasteiger partial charge on any atom is 0.325 e. The third-order valence-corrected chi connectivity index (χ3v) is 10.7. The van der Waals surface area contributed by atoms with Gasteiger partial charge in [-0.1, -0.05) is 37.6 Å². The number of ether oxygens (including phenoxy) is 1. The van der Waals surface area contributed by atoms with Crippen LogP contribution in [0.5, 0.6) is 0 Å². The van der Waals surface area contributed by atoms with Crippen LogP contribution in [0.15, 0.2) is 30.3 Å². The molecule has 2 saturated carbocycles. The Morgan fingerprint density at radius 2 is 1.75 bits per heavy atom. The van der Waals surface area contributed by atoms with Gasteiger partial charge >= 0.3 is 5.97 Å². The highest BCUT2D eigenvalue weighted by atomic mass is 35.5. The van der Waals surface area contributed by atoms with Gasteiger partial charge in [-0.15, -0.1) is 0 Å². The van der Waals surface area contributed by atoms with E-state index in [-0.39, 0.29) is 23.8 Å². The summed E-state index contributed by atoms with van der Waals surface area (Å²) < 4.78 is 21.2. The average Bonchev–Trinajstić information content (AvgIpc) is 3.72. The molecule has 1 aliphatic heterocycles. The van der Waals surface area contributed by atoms with Crippen molar-refractivity contribution in [1.29, 1.82) is 0 Å². The first-order valence-corrected chi connectivity index (χ1v) is 17.2. The van der Waals surface area contributed by atoms with Gasteiger partial charge in [-0.3, -0.25) is 9.69 Å². The van der Waals surface area contributed by atoms with Gasteiger partial charge in [-0.05, 0) is 162 Å². The molecular weight excluding hydrogens is 575 g/mol. The van der Waals surface area contributed by atoms with Gasteiger partial charge in [-0.25, -0.2) is 4.39 Å². The number of nitrogens with zero attached hydrogens (tertiary/aromatic N) is 2. The van der Waals surface area contributed by atoms with Crippen LogP contribution in [0.4, 0.5) is 4.39 Å². The highest BCUT2D eigenvalue weighted by molar-refractivity contribution is 6.30. The van der Waals surface area contributed by atoms with Crippen LogP contribution in [0.2, 0.25) is 5.02 Å². The van der Waals surface area contributed by atoms with Crippen LogP contribution in [0.25, 0.3) is 0 Å². The lowest BCUT2D eigenvalue weighted by Gasteiger charge is -2.34. The summed E-state index contributed by atoms with van der Waals surface area (Å²) in [6.45, 7) is 12.5. The molecule has 3 fully saturated rings. The molecule has 0 bridgehead atoms. The fourth-order valence-electron chi connectivity index (χ4n) is 7.77. The van der Waals surface area contributed by atoms with Crippen LogP contribution < -0.4 is 0 Å². The molecule has 1 heterocycles. The van der Waals surface area contributed by atoms with Crippen LogP contribution >= 0.6 is 11.6 Å². The maximum atomic E-state index is 15.0. The second-order valence-corrected chi connectivity index (χ2v) is 15.1. The minimum atomic E-state index is -0.889. The SMILES string of the molecule is Cc1ccc(Cl)cc1[C@@H](CCN1CCC(C)(C)C1)CCN(C)C(C(=O)O)c1ccc(F)c(C)c1C1CCC(OC2CC2)CC1. The Hall–Kier alpha value is -1.99. The summed E-state index contributed by atoms with van der Waals surface area (Å²) in [5.74, 6) is -0.749. The van der Waals surface area contributed by atoms with Crippen LogP contribution in [0.3, 0.4) is 0 Å². The van der Waals surface area contributed by atoms with E-state index in [0.29, 0.717) is 23.6 Å². The second kappa shape index (κ2) is 14.2. The van der Waals surface area contributed by atoms with Gasteiger partial charge in [0.15, 0.2) is 0 Å². The highest BCUT2D eigenvalue weighted by Crippen LogP contribution is 2.42. The minimum Gasteiger partial charge on any atom is -0.480 e. The number of carbonyl (C=O) groups is 1. The molecule has 0 amide bonds. The molecule has 0 radical (unpaired) electrons. The van der Waals surface area contributed by atoms with E-state index in [0.717, 1.165) is 87.2 Å². The average molecular weight is 627 g/mol. The van der Waals surface area contributed by atoms with Crippen LogP contribution in [-0.2, 0) is 9.53 Å². The predicted molar refractivity (Wildman–Crippen MR) is 176 cm³/mol. The molecule has 242 valence electrons. The Balaban J connectivity index is 1.33. The van der Waals surface area contributed by atoms with Gasteiger partial charge in [0.05, 0.1) is 12.2 Å². The Morgan fingerprint density at radius 3 is 2.36 bits per heavy atom. The van der Waals surface area contributed by atoms with Crippen LogP contribution in [-0.4, -0.2) is 66.3 Å². The van der Waals surface area contributed by atoms with Crippen molar-refractivity contribution in [3.8, 4) is 0 Å². The van der Waals surface area contributed by atoms with Crippen molar-refractivity contribution >= 4 is 17.6 Å². The Bertz CT molecular complexity index is 1300. The molecule has 2 atom stereocenters. The fraction of sp³-hybridized carbons (Fsp3) is 0.649. The van der Waals surface area contributed by atoms with Crippen LogP contribution in [0.1, 0.15) is 117 Å². The summed E-state index contributed by atoms with van der Waals surface area (Å²) in [7, 11) is 1.91. The number of hydrogen-bond donors (Lipinski definition) is 1. The number of halogens is 2. The molecule has 2 aromatic rings. The van der Waals surface area contributed by atoms with E-state index in [1.165, 1.54) is 23.6 Å². The van der Waals surface area contributed by atoms with Crippen molar-refractivity contribution in [3.63, 3.8) is 0 Å². The van der Waals surface area contributed by atoms with Gasteiger partial charge in [0.1, 0.15) is 11.9 Å². The zero-order chi connectivity index (χ0) is 31.6. The molecule has 0 aromatic heterocycles. The van der Waals surface area contributed by atoms with Gasteiger partial charge in [0.2, 0.25) is 0 Å². The lowest BCUT2D eigenvalue weighted by atomic mass is 9.77. The zero-order valence-corrected chi connectivity index (χ0v) is 28.1. The second-order valence-electron chi connectivity index (χ2n) is 14.7. The molecule has 2 aliphatic carbocycles. The number of carboxylic acid groups (broad SMARTS) is 1. The monoisotopic (exact) mass is 626 g/mol. The van der Waals surface area contributed by atoms with E-state index in [4.69, 9.17) is 16.3 Å². The molecule has 5 nitrogen and oxygen atoms in total. The Kier molecular flexibility index (Phi) is 10.8. The minimum absolute atomic E-state index is 0.140. The standard InChI is InChI=1S/C37H52ClFN2O3/c1-24-6-9-28(38)22-32(24)26(17-20-41-21-18-37(3,4)23-41)16-19-40(5)35(36(42)43)31-14-15-33(39)25(2)34(31)27-7-10-29(11-8-27)44-30-12-13-30/h6,9,14-15,22,26-27,29-30,35H,7-8,10-13,16-21,23H2,1-5H3,(H,42,43)/t26-,27?,29?,35?/m1/s1. The number of carboxylic acids is 1. The van der Waals surface area contributed by atoms with Crippen molar-refractivity contribution in [1.82, 2.24) is 9.80 Å². The van der Waals surface area contributed by atoms with Gasteiger partial charge in [-0.2, -0.15) is 0 Å². The quantitative estimate of drug-likeness (QED) is 0.241. The third kappa shape index (κ3) is 8.23. The summed E-state index contributed by atoms with van der Waals surface area (Å²) in [6, 6.07) is 8.46. The van der Waals surface area contributed by atoms with Gasteiger partial charge in [0, 0.05) is 11.6 Å². The van der Waals surface area contributed by atoms with Crippen molar-refractivity contribution < 1.29 is 19.0 Å². The van der Waals surface area contributed by atoms with Crippen molar-refractivity contribution in [2.24, 2.45) is 5.41 Å². The lowest BCUT2D eigenvalue weighted by molar-refractivity contribution is -0.143. The number of likely N-dealkylation sites (tertiary alicyclic amines) is 1. The summed E-state index contributed by atoms with van der Waals surface area (Å²) in [5.41, 5.74) is 5.05. The van der Waals surface area contributed by atoms with E-state index >= 15 is 4.39 Å². The predicted octanol–water partition coefficient (Wildman–Crippen LogP) is 8.65. The molecule has 5 rings (SSSR count). The fourth-order valence-corrected chi connectivity index (χ4v) is 7.96. The van der Waals surface area contributed by atoms with Crippen molar-refractivity contribution in [2.75, 3.05) is 33.2 Å². The topological polar surface area (TPSA) is 53.0 Å². The number of benzene rings is 2. The summed E-state index contributed by atoms with van der Waals surface area (Å²) in [6.07, 6.45) is 9.73. The molecule has 3 aliphatic rings. The molecular formula is C37H52ClFN2O3. The number of likely N-dealkylation sites (N-methyl/N-ethyl adjacent to an activating group) is 1. The molecule has 44 heavy (non-hydrogen) atoms. The first kappa shape index (κ1) is 33.4. The molecule has 1 N–H and O–H groups in total. The van der Waals surface area contributed by atoms with Crippen molar-refractivity contribution in [2.45, 2.75) is 116 Å². The molecule has 7 heteroatoms. The third-order valence-electron chi connectivity index (χ3n) is 10.5. The molecule has 1 unspecified atom stereocenters. The molecule has 1 saturated heterocycles. The molecule has 2 aromatic carbocycles. The van der Waals surface area contributed by atoms with Crippen LogP contribution in [0, 0.1) is 25.1 Å². The number of aliphatic carboxylic acids is 1. The van der Waals surface area contributed by atoms with Gasteiger partial charge < -0.3 is 14.7 Å². The van der Waals surface area contributed by atoms with E-state index in [1.807, 2.05) is 24.9 Å². The van der Waals surface area contributed by atoms with E-state index in [9.17, 15) is 9.90 Å². The zero-order valence-electron chi connectivity index (χ0n) is 27.4. The summed E-state index contributed by atoms with van der Waals surface area (Å²) in [4.78, 5) is 17.5. The summed E-state index contributed by atoms with van der Waals surface area (Å²) >= 11 is 6.48. The van der Waals surface area contributed by atoms with E-state index in [1.54, 1.807) is 6.07 Å². The maximum absolute atomic E-state index is 15.0. The van der Waals surface area contributed by atoms with Crippen molar-refractivity contribution in [3.05, 3.63) is 69.0 Å². The summed E-state index contributed by atoms with van der Waals surface area (Å²) in [5, 5.41) is 11.3. The number of aryl methyl sites for hydroxylation is 1.